The largest absolute Gasteiger partial charge is 0.452 e. The third-order valence-electron chi connectivity index (χ3n) is 3.50. The molecule has 8 heteroatoms. The van der Waals surface area contributed by atoms with E-state index in [0.717, 1.165) is 18.9 Å². The van der Waals surface area contributed by atoms with Crippen molar-refractivity contribution in [3.05, 3.63) is 52.1 Å². The molecule has 0 aliphatic rings. The van der Waals surface area contributed by atoms with Crippen LogP contribution in [0.5, 0.6) is 0 Å². The first-order valence-electron chi connectivity index (χ1n) is 7.64. The van der Waals surface area contributed by atoms with E-state index < -0.39 is 5.97 Å². The van der Waals surface area contributed by atoms with E-state index in [4.69, 9.17) is 9.15 Å². The van der Waals surface area contributed by atoms with E-state index >= 15 is 0 Å². The van der Waals surface area contributed by atoms with Gasteiger partial charge < -0.3 is 9.15 Å². The fraction of sp³-hybridized carbons (Fsp3) is 0.312. The van der Waals surface area contributed by atoms with Crippen LogP contribution in [0.3, 0.4) is 0 Å². The molecule has 0 amide bonds. The van der Waals surface area contributed by atoms with Crippen LogP contribution in [0, 0.1) is 0 Å². The Labute approximate surface area is 137 Å². The van der Waals surface area contributed by atoms with Crippen molar-refractivity contribution in [3.63, 3.8) is 0 Å². The van der Waals surface area contributed by atoms with Gasteiger partial charge in [-0.2, -0.15) is 0 Å². The van der Waals surface area contributed by atoms with E-state index in [1.54, 1.807) is 28.9 Å². The highest BCUT2D eigenvalue weighted by molar-refractivity contribution is 5.88. The lowest BCUT2D eigenvalue weighted by molar-refractivity contribution is 0.0420. The van der Waals surface area contributed by atoms with Crippen molar-refractivity contribution >= 4 is 16.9 Å². The average Bonchev–Trinajstić information content (AvgIpc) is 3.05. The Kier molecular flexibility index (Phi) is 4.64. The van der Waals surface area contributed by atoms with E-state index in [2.05, 4.69) is 22.4 Å². The van der Waals surface area contributed by atoms with Gasteiger partial charge in [0, 0.05) is 12.6 Å². The Balaban J connectivity index is 1.74. The lowest BCUT2D eigenvalue weighted by Gasteiger charge is -2.05. The molecule has 124 valence electrons. The average molecular weight is 328 g/mol. The number of carbonyl (C=O) groups excluding carboxylic acids is 1. The van der Waals surface area contributed by atoms with Crippen molar-refractivity contribution < 1.29 is 13.9 Å². The Hall–Kier alpha value is -3.03. The minimum Gasteiger partial charge on any atom is -0.452 e. The van der Waals surface area contributed by atoms with Gasteiger partial charge in [-0.3, -0.25) is 4.79 Å². The summed E-state index contributed by atoms with van der Waals surface area (Å²) < 4.78 is 12.2. The van der Waals surface area contributed by atoms with Gasteiger partial charge in [0.15, 0.2) is 17.9 Å². The molecule has 1 aromatic carbocycles. The van der Waals surface area contributed by atoms with E-state index in [1.807, 2.05) is 0 Å². The molecule has 8 nitrogen and oxygen atoms in total. The molecular weight excluding hydrogens is 312 g/mol. The Morgan fingerprint density at radius 2 is 2.17 bits per heavy atom. The number of aryl methyl sites for hydroxylation is 1. The van der Waals surface area contributed by atoms with E-state index in [-0.39, 0.29) is 17.8 Å². The number of hydrogen-bond donors (Lipinski definition) is 0. The first-order valence-corrected chi connectivity index (χ1v) is 7.64. The van der Waals surface area contributed by atoms with Gasteiger partial charge in [-0.25, -0.2) is 9.48 Å². The summed E-state index contributed by atoms with van der Waals surface area (Å²) in [5.41, 5.74) is 0.0429. The molecule has 24 heavy (non-hydrogen) atoms. The number of nitrogens with zero attached hydrogens (tertiary/aromatic N) is 4. The first-order chi connectivity index (χ1) is 11.7. The van der Waals surface area contributed by atoms with Crippen LogP contribution in [0.2, 0.25) is 0 Å². The van der Waals surface area contributed by atoms with Crippen LogP contribution < -0.4 is 5.43 Å². The molecule has 0 unspecified atom stereocenters. The highest BCUT2D eigenvalue weighted by atomic mass is 16.5. The summed E-state index contributed by atoms with van der Waals surface area (Å²) in [5, 5.41) is 11.7. The van der Waals surface area contributed by atoms with Crippen molar-refractivity contribution in [2.75, 3.05) is 0 Å². The summed E-state index contributed by atoms with van der Waals surface area (Å²) in [7, 11) is 0. The number of rotatable bonds is 6. The number of tetrazole rings is 1. The summed E-state index contributed by atoms with van der Waals surface area (Å²) in [6.45, 7) is 2.62. The zero-order chi connectivity index (χ0) is 16.9. The maximum atomic E-state index is 12.1. The van der Waals surface area contributed by atoms with Crippen molar-refractivity contribution in [3.8, 4) is 0 Å². The van der Waals surface area contributed by atoms with Crippen LogP contribution in [0.1, 0.15) is 36.1 Å². The molecule has 0 aliphatic heterocycles. The first kappa shape index (κ1) is 15.9. The van der Waals surface area contributed by atoms with Crippen molar-refractivity contribution in [2.45, 2.75) is 32.9 Å². The fourth-order valence-corrected chi connectivity index (χ4v) is 2.21. The molecule has 0 N–H and O–H groups in total. The molecule has 0 saturated carbocycles. The van der Waals surface area contributed by atoms with E-state index in [1.165, 1.54) is 0 Å². The van der Waals surface area contributed by atoms with Gasteiger partial charge in [-0.05, 0) is 29.0 Å². The number of aromatic nitrogens is 4. The summed E-state index contributed by atoms with van der Waals surface area (Å²) in [4.78, 5) is 24.1. The Morgan fingerprint density at radius 3 is 3.00 bits per heavy atom. The van der Waals surface area contributed by atoms with Gasteiger partial charge in [0.25, 0.3) is 0 Å². The monoisotopic (exact) mass is 328 g/mol. The van der Waals surface area contributed by atoms with Gasteiger partial charge in [0.2, 0.25) is 5.76 Å². The third kappa shape index (κ3) is 3.32. The number of ether oxygens (including phenoxy) is 1. The summed E-state index contributed by atoms with van der Waals surface area (Å²) in [6.07, 6.45) is 1.92. The molecule has 3 aromatic rings. The smallest absolute Gasteiger partial charge is 0.374 e. The molecule has 3 rings (SSSR count). The number of fused-ring (bicyclic) bond motifs is 1. The van der Waals surface area contributed by atoms with Crippen LogP contribution in [-0.2, 0) is 17.9 Å². The van der Waals surface area contributed by atoms with Crippen LogP contribution >= 0.6 is 0 Å². The number of hydrogen-bond acceptors (Lipinski definition) is 7. The van der Waals surface area contributed by atoms with Crippen LogP contribution in [0.15, 0.2) is 39.5 Å². The lowest BCUT2D eigenvalue weighted by atomic mass is 10.2. The molecule has 2 heterocycles. The molecule has 0 atom stereocenters. The van der Waals surface area contributed by atoms with Crippen LogP contribution in [0.25, 0.3) is 11.0 Å². The number of unbranched alkanes of at least 4 members (excludes halogenated alkanes) is 1. The minimum absolute atomic E-state index is 0.0912. The lowest BCUT2D eigenvalue weighted by Crippen LogP contribution is -2.13. The second kappa shape index (κ2) is 7.03. The molecular formula is C16H16N4O4. The molecule has 0 fully saturated rings. The molecule has 0 bridgehead atoms. The van der Waals surface area contributed by atoms with Gasteiger partial charge >= 0.3 is 5.97 Å². The second-order valence-electron chi connectivity index (χ2n) is 5.22. The Morgan fingerprint density at radius 1 is 1.33 bits per heavy atom. The number of carbonyl (C=O) groups is 1. The molecule has 2 aromatic heterocycles. The SMILES string of the molecule is CCCCn1nnnc1COC(=O)c1cc(=O)c2ccccc2o1. The zero-order valence-electron chi connectivity index (χ0n) is 13.1. The van der Waals surface area contributed by atoms with Crippen molar-refractivity contribution in [2.24, 2.45) is 0 Å². The van der Waals surface area contributed by atoms with E-state index in [0.29, 0.717) is 23.3 Å². The predicted molar refractivity (Wildman–Crippen MR) is 84.3 cm³/mol. The highest BCUT2D eigenvalue weighted by Gasteiger charge is 2.15. The molecule has 0 radical (unpaired) electrons. The summed E-state index contributed by atoms with van der Waals surface area (Å²) >= 11 is 0. The maximum Gasteiger partial charge on any atom is 0.374 e. The Bertz CT molecular complexity index is 916. The normalized spacial score (nSPS) is 10.9. The fourth-order valence-electron chi connectivity index (χ4n) is 2.21. The third-order valence-corrected chi connectivity index (χ3v) is 3.50. The van der Waals surface area contributed by atoms with Gasteiger partial charge in [-0.15, -0.1) is 5.10 Å². The topological polar surface area (TPSA) is 100 Å². The van der Waals surface area contributed by atoms with Crippen LogP contribution in [0.4, 0.5) is 0 Å². The summed E-state index contributed by atoms with van der Waals surface area (Å²) in [6, 6.07) is 7.84. The standard InChI is InChI=1S/C16H16N4O4/c1-2-3-8-20-15(17-18-19-20)10-23-16(22)14-9-12(21)11-6-4-5-7-13(11)24-14/h4-7,9H,2-3,8,10H2,1H3. The molecule has 0 aliphatic carbocycles. The minimum atomic E-state index is -0.733. The van der Waals surface area contributed by atoms with E-state index in [9.17, 15) is 9.59 Å². The number of esters is 1. The summed E-state index contributed by atoms with van der Waals surface area (Å²) in [5.74, 6) is -0.436. The molecule has 0 spiro atoms. The zero-order valence-corrected chi connectivity index (χ0v) is 13.1. The van der Waals surface area contributed by atoms with Gasteiger partial charge in [0.05, 0.1) is 5.39 Å². The van der Waals surface area contributed by atoms with Gasteiger partial charge in [-0.1, -0.05) is 25.5 Å². The molecule has 0 saturated heterocycles. The van der Waals surface area contributed by atoms with Crippen LogP contribution in [-0.4, -0.2) is 26.2 Å². The number of para-hydroxylation sites is 1. The van der Waals surface area contributed by atoms with Crippen molar-refractivity contribution in [1.82, 2.24) is 20.2 Å². The maximum absolute atomic E-state index is 12.1. The second-order valence-corrected chi connectivity index (χ2v) is 5.22. The van der Waals surface area contributed by atoms with Gasteiger partial charge in [0.1, 0.15) is 5.58 Å². The quantitative estimate of drug-likeness (QED) is 0.637. The number of benzene rings is 1. The predicted octanol–water partition coefficient (Wildman–Crippen LogP) is 1.94. The van der Waals surface area contributed by atoms with Crippen molar-refractivity contribution in [1.29, 1.82) is 0 Å². The highest BCUT2D eigenvalue weighted by Crippen LogP contribution is 2.13.